The van der Waals surface area contributed by atoms with Crippen molar-refractivity contribution in [1.82, 2.24) is 9.80 Å². The van der Waals surface area contributed by atoms with Crippen LogP contribution in [0.2, 0.25) is 0 Å². The Morgan fingerprint density at radius 2 is 2.00 bits per heavy atom. The maximum Gasteiger partial charge on any atom is 0.416 e. The molecule has 1 aromatic carbocycles. The molecule has 3 nitrogen and oxygen atoms in total. The molecule has 0 amide bonds. The number of rotatable bonds is 3. The number of hydrogen-bond acceptors (Lipinski definition) is 3. The minimum Gasteiger partial charge on any atom is -0.396 e. The summed E-state index contributed by atoms with van der Waals surface area (Å²) in [5.74, 6) is -0.753. The van der Waals surface area contributed by atoms with Gasteiger partial charge in [0.15, 0.2) is 5.82 Å². The standard InChI is InChI=1S/C14H19F4N3/c1-20(2)11-3-4-21(8-11)7-9-5-10(14(16,17)18)6-12(19)13(9)15/h5-6,11H,3-4,7-8,19H2,1-2H3/t11-/m1/s1. The van der Waals surface area contributed by atoms with Gasteiger partial charge in [-0.25, -0.2) is 4.39 Å². The average Bonchev–Trinajstić information content (AvgIpc) is 2.82. The van der Waals surface area contributed by atoms with Crippen molar-refractivity contribution < 1.29 is 17.6 Å². The maximum absolute atomic E-state index is 13.9. The molecule has 0 spiro atoms. The molecule has 1 atom stereocenters. The number of nitrogen functional groups attached to an aromatic ring is 1. The zero-order valence-electron chi connectivity index (χ0n) is 12.0. The molecule has 0 bridgehead atoms. The fourth-order valence-corrected chi connectivity index (χ4v) is 2.61. The fraction of sp³-hybridized carbons (Fsp3) is 0.571. The van der Waals surface area contributed by atoms with Gasteiger partial charge in [0.1, 0.15) is 0 Å². The minimum absolute atomic E-state index is 0.00160. The van der Waals surface area contributed by atoms with Crippen molar-refractivity contribution in [2.45, 2.75) is 25.2 Å². The topological polar surface area (TPSA) is 32.5 Å². The lowest BCUT2D eigenvalue weighted by atomic mass is 10.1. The summed E-state index contributed by atoms with van der Waals surface area (Å²) in [5, 5.41) is 0. The van der Waals surface area contributed by atoms with E-state index in [4.69, 9.17) is 5.73 Å². The molecule has 0 radical (unpaired) electrons. The Kier molecular flexibility index (Phi) is 4.43. The van der Waals surface area contributed by atoms with Crippen molar-refractivity contribution in [2.75, 3.05) is 32.9 Å². The first-order valence-electron chi connectivity index (χ1n) is 6.72. The molecule has 1 heterocycles. The smallest absolute Gasteiger partial charge is 0.396 e. The van der Waals surface area contributed by atoms with Crippen LogP contribution < -0.4 is 5.73 Å². The van der Waals surface area contributed by atoms with Gasteiger partial charge in [-0.3, -0.25) is 4.90 Å². The quantitative estimate of drug-likeness (QED) is 0.688. The van der Waals surface area contributed by atoms with E-state index < -0.39 is 23.2 Å². The Labute approximate surface area is 121 Å². The molecule has 1 aliphatic rings. The third-order valence-electron chi connectivity index (χ3n) is 3.88. The normalized spacial score (nSPS) is 20.4. The molecular weight excluding hydrogens is 286 g/mol. The van der Waals surface area contributed by atoms with Crippen LogP contribution in [0.15, 0.2) is 12.1 Å². The lowest BCUT2D eigenvalue weighted by Gasteiger charge is -2.21. The van der Waals surface area contributed by atoms with Gasteiger partial charge in [0, 0.05) is 31.2 Å². The van der Waals surface area contributed by atoms with E-state index in [0.29, 0.717) is 18.7 Å². The summed E-state index contributed by atoms with van der Waals surface area (Å²) in [5.41, 5.74) is 4.01. The van der Waals surface area contributed by atoms with Crippen LogP contribution in [0.1, 0.15) is 17.5 Å². The van der Waals surface area contributed by atoms with Gasteiger partial charge < -0.3 is 10.6 Å². The summed E-state index contributed by atoms with van der Waals surface area (Å²) >= 11 is 0. The second kappa shape index (κ2) is 5.81. The first-order valence-corrected chi connectivity index (χ1v) is 6.72. The summed E-state index contributed by atoms with van der Waals surface area (Å²) in [4.78, 5) is 4.01. The number of nitrogens with two attached hydrogens (primary N) is 1. The van der Waals surface area contributed by atoms with E-state index in [2.05, 4.69) is 4.90 Å². The number of nitrogens with zero attached hydrogens (tertiary/aromatic N) is 2. The Balaban J connectivity index is 2.19. The molecule has 1 fully saturated rings. The number of alkyl halides is 3. The summed E-state index contributed by atoms with van der Waals surface area (Å²) in [7, 11) is 3.91. The zero-order valence-corrected chi connectivity index (χ0v) is 12.0. The molecule has 118 valence electrons. The van der Waals surface area contributed by atoms with E-state index in [1.165, 1.54) is 0 Å². The molecule has 0 aliphatic carbocycles. The van der Waals surface area contributed by atoms with Crippen LogP contribution >= 0.6 is 0 Å². The first-order chi connectivity index (χ1) is 9.68. The lowest BCUT2D eigenvalue weighted by molar-refractivity contribution is -0.137. The van der Waals surface area contributed by atoms with Crippen LogP contribution in [0.25, 0.3) is 0 Å². The second-order valence-corrected chi connectivity index (χ2v) is 5.68. The van der Waals surface area contributed by atoms with Crippen molar-refractivity contribution in [3.8, 4) is 0 Å². The minimum atomic E-state index is -4.52. The average molecular weight is 305 g/mol. The van der Waals surface area contributed by atoms with Crippen LogP contribution in [0.5, 0.6) is 0 Å². The third kappa shape index (κ3) is 3.65. The van der Waals surface area contributed by atoms with Crippen molar-refractivity contribution in [3.63, 3.8) is 0 Å². The van der Waals surface area contributed by atoms with E-state index in [0.717, 1.165) is 19.0 Å². The summed E-state index contributed by atoms with van der Waals surface area (Å²) < 4.78 is 52.2. The highest BCUT2D eigenvalue weighted by atomic mass is 19.4. The van der Waals surface area contributed by atoms with E-state index in [1.54, 1.807) is 0 Å². The van der Waals surface area contributed by atoms with E-state index >= 15 is 0 Å². The van der Waals surface area contributed by atoms with E-state index in [-0.39, 0.29) is 12.1 Å². The molecular formula is C14H19F4N3. The Morgan fingerprint density at radius 1 is 1.33 bits per heavy atom. The first kappa shape index (κ1) is 16.0. The third-order valence-corrected chi connectivity index (χ3v) is 3.88. The van der Waals surface area contributed by atoms with Crippen LogP contribution in [0.3, 0.4) is 0 Å². The molecule has 7 heteroatoms. The molecule has 1 aromatic rings. The zero-order chi connectivity index (χ0) is 15.8. The van der Waals surface area contributed by atoms with Crippen LogP contribution in [-0.2, 0) is 12.7 Å². The number of likely N-dealkylation sites (N-methyl/N-ethyl adjacent to an activating group) is 1. The van der Waals surface area contributed by atoms with Gasteiger partial charge in [0.05, 0.1) is 11.3 Å². The highest BCUT2D eigenvalue weighted by molar-refractivity contribution is 5.47. The Morgan fingerprint density at radius 3 is 2.52 bits per heavy atom. The van der Waals surface area contributed by atoms with Crippen molar-refractivity contribution in [1.29, 1.82) is 0 Å². The van der Waals surface area contributed by atoms with Gasteiger partial charge in [0.2, 0.25) is 0 Å². The summed E-state index contributed by atoms with van der Waals surface area (Å²) in [6.07, 6.45) is -3.60. The van der Waals surface area contributed by atoms with Crippen LogP contribution in [0.4, 0.5) is 23.2 Å². The highest BCUT2D eigenvalue weighted by Gasteiger charge is 2.33. The second-order valence-electron chi connectivity index (χ2n) is 5.68. The van der Waals surface area contributed by atoms with Gasteiger partial charge in [0.25, 0.3) is 0 Å². The van der Waals surface area contributed by atoms with Gasteiger partial charge in [-0.1, -0.05) is 0 Å². The predicted molar refractivity (Wildman–Crippen MR) is 73.2 cm³/mol. The van der Waals surface area contributed by atoms with E-state index in [1.807, 2.05) is 19.0 Å². The summed E-state index contributed by atoms with van der Waals surface area (Å²) in [6, 6.07) is 1.84. The number of anilines is 1. The predicted octanol–water partition coefficient (Wildman–Crippen LogP) is 2.56. The monoisotopic (exact) mass is 305 g/mol. The van der Waals surface area contributed by atoms with Crippen molar-refractivity contribution in [3.05, 3.63) is 29.1 Å². The maximum atomic E-state index is 13.9. The highest BCUT2D eigenvalue weighted by Crippen LogP contribution is 2.33. The van der Waals surface area contributed by atoms with Crippen LogP contribution in [0, 0.1) is 5.82 Å². The van der Waals surface area contributed by atoms with E-state index in [9.17, 15) is 17.6 Å². The van der Waals surface area contributed by atoms with Gasteiger partial charge in [-0.15, -0.1) is 0 Å². The molecule has 2 N–H and O–H groups in total. The molecule has 21 heavy (non-hydrogen) atoms. The van der Waals surface area contributed by atoms with Gasteiger partial charge in [-0.2, -0.15) is 13.2 Å². The number of halogens is 4. The van der Waals surface area contributed by atoms with Crippen molar-refractivity contribution >= 4 is 5.69 Å². The molecule has 0 saturated carbocycles. The lowest BCUT2D eigenvalue weighted by Crippen LogP contribution is -2.31. The number of likely N-dealkylation sites (tertiary alicyclic amines) is 1. The Hall–Kier alpha value is -1.34. The van der Waals surface area contributed by atoms with Gasteiger partial charge >= 0.3 is 6.18 Å². The van der Waals surface area contributed by atoms with Crippen LogP contribution in [-0.4, -0.2) is 43.0 Å². The fourth-order valence-electron chi connectivity index (χ4n) is 2.61. The Bertz CT molecular complexity index is 514. The molecule has 0 aromatic heterocycles. The van der Waals surface area contributed by atoms with Gasteiger partial charge in [-0.05, 0) is 32.6 Å². The molecule has 2 rings (SSSR count). The largest absolute Gasteiger partial charge is 0.416 e. The molecule has 1 saturated heterocycles. The SMILES string of the molecule is CN(C)[C@@H]1CCN(Cc2cc(C(F)(F)F)cc(N)c2F)C1. The summed E-state index contributed by atoms with van der Waals surface area (Å²) in [6.45, 7) is 1.59. The molecule has 1 aliphatic heterocycles. The number of hydrogen-bond donors (Lipinski definition) is 1. The molecule has 0 unspecified atom stereocenters. The van der Waals surface area contributed by atoms with Crippen molar-refractivity contribution in [2.24, 2.45) is 0 Å². The number of benzene rings is 1.